The first kappa shape index (κ1) is 16.2. The molecule has 1 fully saturated rings. The van der Waals surface area contributed by atoms with Crippen LogP contribution in [0.2, 0.25) is 10.0 Å². The monoisotopic (exact) mass is 369 g/mol. The zero-order valence-corrected chi connectivity index (χ0v) is 14.3. The summed E-state index contributed by atoms with van der Waals surface area (Å²) in [7, 11) is 0. The van der Waals surface area contributed by atoms with Crippen LogP contribution in [-0.2, 0) is 16.1 Å². The standard InChI is InChI=1S/C15H13Cl2N3O2S/c16-10-2-1-9(11(17)5-10)6-18-15(22)12-3-4-14(21)20(12)13-7-23-8-19-13/h1-2,5,7-8,12H,3-4,6H2,(H,18,22). The van der Waals surface area contributed by atoms with Crippen molar-refractivity contribution in [2.75, 3.05) is 4.90 Å². The molecule has 0 bridgehead atoms. The number of thiazole rings is 1. The van der Waals surface area contributed by atoms with E-state index in [0.29, 0.717) is 28.7 Å². The van der Waals surface area contributed by atoms with Crippen LogP contribution in [0.1, 0.15) is 18.4 Å². The number of hydrogen-bond donors (Lipinski definition) is 1. The molecule has 1 N–H and O–H groups in total. The van der Waals surface area contributed by atoms with Gasteiger partial charge in [-0.25, -0.2) is 4.98 Å². The first-order valence-corrected chi connectivity index (χ1v) is 8.68. The second-order valence-electron chi connectivity index (χ2n) is 5.12. The van der Waals surface area contributed by atoms with E-state index in [0.717, 1.165) is 5.56 Å². The summed E-state index contributed by atoms with van der Waals surface area (Å²) < 4.78 is 0. The molecule has 120 valence electrons. The lowest BCUT2D eigenvalue weighted by Crippen LogP contribution is -2.44. The molecule has 8 heteroatoms. The third-order valence-corrected chi connectivity index (χ3v) is 4.81. The number of anilines is 1. The number of carbonyl (C=O) groups is 2. The Hall–Kier alpha value is -1.63. The zero-order valence-electron chi connectivity index (χ0n) is 12.0. The summed E-state index contributed by atoms with van der Waals surface area (Å²) in [6.07, 6.45) is 0.827. The Kier molecular flexibility index (Phi) is 4.84. The van der Waals surface area contributed by atoms with E-state index >= 15 is 0 Å². The smallest absolute Gasteiger partial charge is 0.243 e. The predicted octanol–water partition coefficient (Wildman–Crippen LogP) is 3.26. The number of hydrogen-bond acceptors (Lipinski definition) is 4. The van der Waals surface area contributed by atoms with Gasteiger partial charge in [0.25, 0.3) is 0 Å². The van der Waals surface area contributed by atoms with Gasteiger partial charge in [-0.2, -0.15) is 0 Å². The van der Waals surface area contributed by atoms with Gasteiger partial charge in [0, 0.05) is 28.4 Å². The maximum atomic E-state index is 12.4. The Morgan fingerprint density at radius 3 is 2.96 bits per heavy atom. The van der Waals surface area contributed by atoms with E-state index < -0.39 is 6.04 Å². The average Bonchev–Trinajstić information content (AvgIpc) is 3.15. The number of nitrogens with one attached hydrogen (secondary N) is 1. The predicted molar refractivity (Wildman–Crippen MR) is 90.9 cm³/mol. The molecule has 2 heterocycles. The second-order valence-corrected chi connectivity index (χ2v) is 6.68. The fourth-order valence-electron chi connectivity index (χ4n) is 2.51. The minimum absolute atomic E-state index is 0.0828. The molecule has 1 aliphatic heterocycles. The molecule has 0 spiro atoms. The quantitative estimate of drug-likeness (QED) is 0.899. The van der Waals surface area contributed by atoms with Gasteiger partial charge in [-0.3, -0.25) is 14.5 Å². The highest BCUT2D eigenvalue weighted by Gasteiger charge is 2.37. The molecule has 0 saturated carbocycles. The Morgan fingerprint density at radius 2 is 2.26 bits per heavy atom. The van der Waals surface area contributed by atoms with E-state index in [1.807, 2.05) is 0 Å². The number of halogens is 2. The van der Waals surface area contributed by atoms with Crippen LogP contribution in [0, 0.1) is 0 Å². The van der Waals surface area contributed by atoms with Crippen molar-refractivity contribution < 1.29 is 9.59 Å². The summed E-state index contributed by atoms with van der Waals surface area (Å²) in [5, 5.41) is 5.63. The Bertz CT molecular complexity index is 736. The van der Waals surface area contributed by atoms with Crippen molar-refractivity contribution in [3.8, 4) is 0 Å². The van der Waals surface area contributed by atoms with Gasteiger partial charge in [0.05, 0.1) is 5.51 Å². The maximum Gasteiger partial charge on any atom is 0.243 e. The largest absolute Gasteiger partial charge is 0.350 e. The zero-order chi connectivity index (χ0) is 16.4. The molecule has 1 aliphatic rings. The molecule has 3 rings (SSSR count). The van der Waals surface area contributed by atoms with E-state index in [4.69, 9.17) is 23.2 Å². The normalized spacial score (nSPS) is 17.6. The first-order chi connectivity index (χ1) is 11.1. The number of amides is 2. The molecule has 0 radical (unpaired) electrons. The lowest BCUT2D eigenvalue weighted by molar-refractivity contribution is -0.124. The van der Waals surface area contributed by atoms with Crippen molar-refractivity contribution >= 4 is 52.2 Å². The summed E-state index contributed by atoms with van der Waals surface area (Å²) in [4.78, 5) is 30.1. The minimum atomic E-state index is -0.532. The molecule has 1 aromatic carbocycles. The average molecular weight is 370 g/mol. The van der Waals surface area contributed by atoms with E-state index in [1.165, 1.54) is 16.2 Å². The molecule has 0 aliphatic carbocycles. The summed E-state index contributed by atoms with van der Waals surface area (Å²) in [6, 6.07) is 4.58. The maximum absolute atomic E-state index is 12.4. The van der Waals surface area contributed by atoms with Gasteiger partial charge in [-0.15, -0.1) is 11.3 Å². The summed E-state index contributed by atoms with van der Waals surface area (Å²) in [6.45, 7) is 0.282. The molecule has 2 aromatic rings. The van der Waals surface area contributed by atoms with Crippen LogP contribution < -0.4 is 10.2 Å². The number of rotatable bonds is 4. The third kappa shape index (κ3) is 3.49. The molecule has 5 nitrogen and oxygen atoms in total. The van der Waals surface area contributed by atoms with Crippen molar-refractivity contribution in [2.24, 2.45) is 0 Å². The third-order valence-electron chi connectivity index (χ3n) is 3.65. The van der Waals surface area contributed by atoms with Crippen molar-refractivity contribution in [1.29, 1.82) is 0 Å². The van der Waals surface area contributed by atoms with Gasteiger partial charge in [0.15, 0.2) is 0 Å². The first-order valence-electron chi connectivity index (χ1n) is 6.98. The molecule has 1 aromatic heterocycles. The summed E-state index contributed by atoms with van der Waals surface area (Å²) in [5.74, 6) is 0.234. The van der Waals surface area contributed by atoms with Gasteiger partial charge < -0.3 is 5.32 Å². The Labute approximate surface area is 147 Å². The highest BCUT2D eigenvalue weighted by atomic mass is 35.5. The van der Waals surface area contributed by atoms with E-state index in [9.17, 15) is 9.59 Å². The lowest BCUT2D eigenvalue weighted by atomic mass is 10.2. The molecule has 1 atom stereocenters. The molecular formula is C15H13Cl2N3O2S. The number of carbonyl (C=O) groups excluding carboxylic acids is 2. The topological polar surface area (TPSA) is 62.3 Å². The van der Waals surface area contributed by atoms with Gasteiger partial charge in [0.2, 0.25) is 11.8 Å². The van der Waals surface area contributed by atoms with Crippen LogP contribution in [0.25, 0.3) is 0 Å². The molecular weight excluding hydrogens is 357 g/mol. The minimum Gasteiger partial charge on any atom is -0.350 e. The van der Waals surface area contributed by atoms with Crippen molar-refractivity contribution in [3.63, 3.8) is 0 Å². The number of benzene rings is 1. The molecule has 1 saturated heterocycles. The highest BCUT2D eigenvalue weighted by molar-refractivity contribution is 7.07. The van der Waals surface area contributed by atoms with Crippen LogP contribution in [0.15, 0.2) is 29.1 Å². The van der Waals surface area contributed by atoms with E-state index in [1.54, 1.807) is 29.1 Å². The Balaban J connectivity index is 1.69. The summed E-state index contributed by atoms with van der Waals surface area (Å²) in [5.41, 5.74) is 2.41. The molecule has 1 unspecified atom stereocenters. The van der Waals surface area contributed by atoms with E-state index in [2.05, 4.69) is 10.3 Å². The van der Waals surface area contributed by atoms with Gasteiger partial charge in [0.1, 0.15) is 11.9 Å². The van der Waals surface area contributed by atoms with E-state index in [-0.39, 0.29) is 18.4 Å². The fourth-order valence-corrected chi connectivity index (χ4v) is 3.51. The van der Waals surface area contributed by atoms with Crippen molar-refractivity contribution in [3.05, 3.63) is 44.7 Å². The van der Waals surface area contributed by atoms with Crippen LogP contribution in [0.3, 0.4) is 0 Å². The van der Waals surface area contributed by atoms with Gasteiger partial charge in [-0.1, -0.05) is 29.3 Å². The van der Waals surface area contributed by atoms with Crippen LogP contribution in [-0.4, -0.2) is 22.8 Å². The SMILES string of the molecule is O=C(NCc1ccc(Cl)cc1Cl)C1CCC(=O)N1c1cscn1. The number of aromatic nitrogens is 1. The van der Waals surface area contributed by atoms with Gasteiger partial charge in [-0.05, 0) is 24.1 Å². The number of nitrogens with zero attached hydrogens (tertiary/aromatic N) is 2. The highest BCUT2D eigenvalue weighted by Crippen LogP contribution is 2.27. The van der Waals surface area contributed by atoms with Crippen LogP contribution >= 0.6 is 34.5 Å². The lowest BCUT2D eigenvalue weighted by Gasteiger charge is -2.22. The Morgan fingerprint density at radius 1 is 1.43 bits per heavy atom. The molecule has 2 amide bonds. The van der Waals surface area contributed by atoms with Crippen LogP contribution in [0.5, 0.6) is 0 Å². The second kappa shape index (κ2) is 6.86. The van der Waals surface area contributed by atoms with Gasteiger partial charge >= 0.3 is 0 Å². The van der Waals surface area contributed by atoms with Crippen molar-refractivity contribution in [1.82, 2.24) is 10.3 Å². The summed E-state index contributed by atoms with van der Waals surface area (Å²) >= 11 is 13.3. The fraction of sp³-hybridized carbons (Fsp3) is 0.267. The van der Waals surface area contributed by atoms with Crippen molar-refractivity contribution in [2.45, 2.75) is 25.4 Å². The van der Waals surface area contributed by atoms with Crippen LogP contribution in [0.4, 0.5) is 5.82 Å². The molecule has 23 heavy (non-hydrogen) atoms.